The number of alkyl halides is 3. The molecule has 5 heteroatoms. The fraction of sp³-hybridized carbons (Fsp3) is 0.364. The highest BCUT2D eigenvalue weighted by Gasteiger charge is 2.30. The van der Waals surface area contributed by atoms with Gasteiger partial charge in [-0.25, -0.2) is 0 Å². The Morgan fingerprint density at radius 2 is 2.12 bits per heavy atom. The van der Waals surface area contributed by atoms with Crippen molar-refractivity contribution in [3.8, 4) is 0 Å². The van der Waals surface area contributed by atoms with E-state index in [1.165, 1.54) is 6.20 Å². The molecular weight excluding hydrogens is 217 g/mol. The Kier molecular flexibility index (Phi) is 4.06. The molecule has 0 radical (unpaired) electrons. The molecule has 0 bridgehead atoms. The third-order valence-corrected chi connectivity index (χ3v) is 1.90. The van der Waals surface area contributed by atoms with Crippen LogP contribution >= 0.6 is 0 Å². The fourth-order valence-electron chi connectivity index (χ4n) is 1.12. The van der Waals surface area contributed by atoms with Gasteiger partial charge in [-0.05, 0) is 25.0 Å². The summed E-state index contributed by atoms with van der Waals surface area (Å²) in [4.78, 5) is 3.55. The van der Waals surface area contributed by atoms with E-state index >= 15 is 0 Å². The third-order valence-electron chi connectivity index (χ3n) is 1.90. The number of nitrogens with two attached hydrogens (primary N) is 1. The van der Waals surface area contributed by atoms with Gasteiger partial charge in [0.1, 0.15) is 0 Å². The molecule has 88 valence electrons. The Morgan fingerprint density at radius 1 is 1.44 bits per heavy atom. The molecule has 0 spiro atoms. The van der Waals surface area contributed by atoms with E-state index in [1.807, 2.05) is 6.92 Å². The minimum atomic E-state index is -4.35. The molecule has 2 N–H and O–H groups in total. The summed E-state index contributed by atoms with van der Waals surface area (Å²) in [6.07, 6.45) is 1.79. The van der Waals surface area contributed by atoms with Crippen LogP contribution in [-0.4, -0.2) is 11.0 Å². The van der Waals surface area contributed by atoms with E-state index in [-0.39, 0.29) is 6.04 Å². The molecule has 0 amide bonds. The van der Waals surface area contributed by atoms with Gasteiger partial charge in [0.2, 0.25) is 0 Å². The molecule has 16 heavy (non-hydrogen) atoms. The summed E-state index contributed by atoms with van der Waals surface area (Å²) in [5.74, 6) is 0. The molecule has 0 fully saturated rings. The third kappa shape index (κ3) is 4.02. The lowest BCUT2D eigenvalue weighted by atomic mass is 10.1. The zero-order valence-electron chi connectivity index (χ0n) is 8.83. The zero-order valence-corrected chi connectivity index (χ0v) is 8.83. The normalized spacial score (nSPS) is 14.3. The molecule has 0 aliphatic heterocycles. The van der Waals surface area contributed by atoms with Gasteiger partial charge >= 0.3 is 6.18 Å². The lowest BCUT2D eigenvalue weighted by Crippen LogP contribution is -2.12. The van der Waals surface area contributed by atoms with Crippen molar-refractivity contribution in [2.75, 3.05) is 0 Å². The van der Waals surface area contributed by atoms with Crippen LogP contribution in [0.2, 0.25) is 0 Å². The van der Waals surface area contributed by atoms with E-state index in [0.29, 0.717) is 12.0 Å². The van der Waals surface area contributed by atoms with Crippen molar-refractivity contribution in [1.82, 2.24) is 4.98 Å². The Morgan fingerprint density at radius 3 is 2.69 bits per heavy atom. The SMILES string of the molecule is CC(N)C/C=C/c1cncc(C(F)(F)F)c1. The average molecular weight is 230 g/mol. The minimum absolute atomic E-state index is 0.00462. The van der Waals surface area contributed by atoms with Crippen molar-refractivity contribution in [3.05, 3.63) is 35.7 Å². The van der Waals surface area contributed by atoms with Crippen LogP contribution in [0, 0.1) is 0 Å². The maximum absolute atomic E-state index is 12.3. The van der Waals surface area contributed by atoms with Crippen LogP contribution in [0.15, 0.2) is 24.5 Å². The van der Waals surface area contributed by atoms with Gasteiger partial charge in [-0.2, -0.15) is 13.2 Å². The minimum Gasteiger partial charge on any atom is -0.328 e. The highest BCUT2D eigenvalue weighted by Crippen LogP contribution is 2.29. The Bertz CT molecular complexity index is 370. The summed E-state index contributed by atoms with van der Waals surface area (Å²) in [6, 6.07) is 1.06. The summed E-state index contributed by atoms with van der Waals surface area (Å²) in [5, 5.41) is 0. The van der Waals surface area contributed by atoms with Crippen molar-refractivity contribution < 1.29 is 13.2 Å². The monoisotopic (exact) mass is 230 g/mol. The van der Waals surface area contributed by atoms with Crippen LogP contribution in [0.3, 0.4) is 0 Å². The molecule has 1 heterocycles. The number of hydrogen-bond acceptors (Lipinski definition) is 2. The van der Waals surface area contributed by atoms with E-state index in [9.17, 15) is 13.2 Å². The van der Waals surface area contributed by atoms with Gasteiger partial charge in [0.15, 0.2) is 0 Å². The highest BCUT2D eigenvalue weighted by molar-refractivity contribution is 5.49. The number of pyridine rings is 1. The molecule has 0 aliphatic rings. The highest BCUT2D eigenvalue weighted by atomic mass is 19.4. The van der Waals surface area contributed by atoms with Crippen molar-refractivity contribution in [1.29, 1.82) is 0 Å². The van der Waals surface area contributed by atoms with Crippen molar-refractivity contribution in [2.24, 2.45) is 5.73 Å². The number of aromatic nitrogens is 1. The van der Waals surface area contributed by atoms with Crippen LogP contribution in [-0.2, 0) is 6.18 Å². The lowest BCUT2D eigenvalue weighted by Gasteiger charge is -2.06. The molecule has 0 aliphatic carbocycles. The van der Waals surface area contributed by atoms with Gasteiger partial charge in [0.25, 0.3) is 0 Å². The van der Waals surface area contributed by atoms with Crippen LogP contribution in [0.1, 0.15) is 24.5 Å². The van der Waals surface area contributed by atoms with Gasteiger partial charge < -0.3 is 5.73 Å². The number of nitrogens with zero attached hydrogens (tertiary/aromatic N) is 1. The van der Waals surface area contributed by atoms with Gasteiger partial charge in [0.05, 0.1) is 5.56 Å². The predicted molar refractivity (Wildman–Crippen MR) is 56.5 cm³/mol. The molecule has 0 aromatic carbocycles. The smallest absolute Gasteiger partial charge is 0.328 e. The van der Waals surface area contributed by atoms with Gasteiger partial charge in [-0.1, -0.05) is 12.2 Å². The van der Waals surface area contributed by atoms with Gasteiger partial charge in [-0.3, -0.25) is 4.98 Å². The van der Waals surface area contributed by atoms with Crippen LogP contribution in [0.5, 0.6) is 0 Å². The van der Waals surface area contributed by atoms with E-state index in [1.54, 1.807) is 12.2 Å². The zero-order chi connectivity index (χ0) is 12.2. The maximum atomic E-state index is 12.3. The van der Waals surface area contributed by atoms with E-state index < -0.39 is 11.7 Å². The molecule has 1 aromatic rings. The second kappa shape index (κ2) is 5.12. The van der Waals surface area contributed by atoms with Crippen molar-refractivity contribution in [3.63, 3.8) is 0 Å². The van der Waals surface area contributed by atoms with E-state index in [2.05, 4.69) is 4.98 Å². The predicted octanol–water partition coefficient (Wildman–Crippen LogP) is 2.85. The topological polar surface area (TPSA) is 38.9 Å². The summed E-state index contributed by atoms with van der Waals surface area (Å²) >= 11 is 0. The molecule has 1 atom stereocenters. The Hall–Kier alpha value is -1.36. The molecule has 2 nitrogen and oxygen atoms in total. The first-order chi connectivity index (χ1) is 7.39. The number of hydrogen-bond donors (Lipinski definition) is 1. The average Bonchev–Trinajstić information content (AvgIpc) is 2.16. The molecule has 1 rings (SSSR count). The molecule has 1 unspecified atom stereocenters. The number of halogens is 3. The van der Waals surface area contributed by atoms with Gasteiger partial charge in [-0.15, -0.1) is 0 Å². The summed E-state index contributed by atoms with van der Waals surface area (Å²) in [5.41, 5.74) is 5.19. The summed E-state index contributed by atoms with van der Waals surface area (Å²) in [6.45, 7) is 1.83. The number of rotatable bonds is 3. The maximum Gasteiger partial charge on any atom is 0.417 e. The molecule has 1 aromatic heterocycles. The summed E-state index contributed by atoms with van der Waals surface area (Å²) < 4.78 is 37.0. The van der Waals surface area contributed by atoms with Gasteiger partial charge in [0, 0.05) is 18.4 Å². The standard InChI is InChI=1S/C11H13F3N2/c1-8(15)3-2-4-9-5-10(7-16-6-9)11(12,13)14/h2,4-8H,3,15H2,1H3/b4-2+. The van der Waals surface area contributed by atoms with Crippen LogP contribution < -0.4 is 5.73 Å². The molecule has 0 saturated carbocycles. The Labute approximate surface area is 92.0 Å². The summed E-state index contributed by atoms with van der Waals surface area (Å²) in [7, 11) is 0. The largest absolute Gasteiger partial charge is 0.417 e. The first kappa shape index (κ1) is 12.7. The molecular formula is C11H13F3N2. The van der Waals surface area contributed by atoms with Crippen molar-refractivity contribution in [2.45, 2.75) is 25.6 Å². The van der Waals surface area contributed by atoms with E-state index in [0.717, 1.165) is 12.3 Å². The van der Waals surface area contributed by atoms with Crippen LogP contribution in [0.25, 0.3) is 6.08 Å². The first-order valence-electron chi connectivity index (χ1n) is 4.84. The first-order valence-corrected chi connectivity index (χ1v) is 4.84. The van der Waals surface area contributed by atoms with E-state index in [4.69, 9.17) is 5.73 Å². The van der Waals surface area contributed by atoms with Crippen molar-refractivity contribution >= 4 is 6.08 Å². The van der Waals surface area contributed by atoms with Crippen LogP contribution in [0.4, 0.5) is 13.2 Å². The molecule has 0 saturated heterocycles. The second-order valence-corrected chi connectivity index (χ2v) is 3.62. The fourth-order valence-corrected chi connectivity index (χ4v) is 1.12. The quantitative estimate of drug-likeness (QED) is 0.867. The Balaban J connectivity index is 2.79. The second-order valence-electron chi connectivity index (χ2n) is 3.62. The lowest BCUT2D eigenvalue weighted by molar-refractivity contribution is -0.137.